The number of carbonyl (C=O) groups excluding carboxylic acids is 1. The second kappa shape index (κ2) is 3.45. The molecular formula is C8H10N6O. The van der Waals surface area contributed by atoms with E-state index in [0.29, 0.717) is 17.3 Å². The second-order valence-corrected chi connectivity index (χ2v) is 2.89. The third-order valence-electron chi connectivity index (χ3n) is 1.81. The van der Waals surface area contributed by atoms with Gasteiger partial charge in [0.25, 0.3) is 0 Å². The van der Waals surface area contributed by atoms with Gasteiger partial charge in [0.2, 0.25) is 0 Å². The van der Waals surface area contributed by atoms with Gasteiger partial charge in [0.15, 0.2) is 11.5 Å². The van der Waals surface area contributed by atoms with Crippen LogP contribution in [0.4, 0.5) is 16.4 Å². The molecule has 2 amide bonds. The first-order valence-corrected chi connectivity index (χ1v) is 4.29. The van der Waals surface area contributed by atoms with Crippen LogP contribution < -0.4 is 16.4 Å². The fraction of sp³-hybridized carbons (Fsp3) is 0.125. The fourth-order valence-corrected chi connectivity index (χ4v) is 1.14. The zero-order valence-electron chi connectivity index (χ0n) is 8.06. The van der Waals surface area contributed by atoms with Gasteiger partial charge in [-0.05, 0) is 12.1 Å². The van der Waals surface area contributed by atoms with Crippen molar-refractivity contribution in [2.75, 3.05) is 18.1 Å². The minimum absolute atomic E-state index is 0.327. The molecule has 0 radical (unpaired) electrons. The Morgan fingerprint density at radius 2 is 2.33 bits per heavy atom. The molecular weight excluding hydrogens is 196 g/mol. The Kier molecular flexibility index (Phi) is 2.13. The second-order valence-electron chi connectivity index (χ2n) is 2.89. The number of anilines is 2. The van der Waals surface area contributed by atoms with Gasteiger partial charge in [-0.3, -0.25) is 5.32 Å². The van der Waals surface area contributed by atoms with Crippen molar-refractivity contribution in [2.45, 2.75) is 0 Å². The van der Waals surface area contributed by atoms with Gasteiger partial charge in [-0.15, -0.1) is 5.10 Å². The van der Waals surface area contributed by atoms with E-state index in [-0.39, 0.29) is 6.03 Å². The van der Waals surface area contributed by atoms with Gasteiger partial charge in [0.05, 0.1) is 6.20 Å². The van der Waals surface area contributed by atoms with Crippen molar-refractivity contribution in [3.8, 4) is 0 Å². The summed E-state index contributed by atoms with van der Waals surface area (Å²) in [5.41, 5.74) is 6.12. The SMILES string of the molecule is CNC(=O)Nc1cn2nc(N)ccc2n1. The Morgan fingerprint density at radius 1 is 1.53 bits per heavy atom. The van der Waals surface area contributed by atoms with Crippen molar-refractivity contribution in [3.05, 3.63) is 18.3 Å². The van der Waals surface area contributed by atoms with Crippen molar-refractivity contribution in [2.24, 2.45) is 0 Å². The number of carbonyl (C=O) groups is 1. The molecule has 2 heterocycles. The van der Waals surface area contributed by atoms with E-state index in [9.17, 15) is 4.79 Å². The largest absolute Gasteiger partial charge is 0.382 e. The molecule has 0 fully saturated rings. The van der Waals surface area contributed by atoms with Crippen LogP contribution in [0.15, 0.2) is 18.3 Å². The summed E-state index contributed by atoms with van der Waals surface area (Å²) in [5.74, 6) is 0.818. The highest BCUT2D eigenvalue weighted by Crippen LogP contribution is 2.09. The Bertz CT molecular complexity index is 505. The lowest BCUT2D eigenvalue weighted by Gasteiger charge is -1.97. The number of rotatable bonds is 1. The molecule has 2 aromatic rings. The summed E-state index contributed by atoms with van der Waals surface area (Å²) in [7, 11) is 1.53. The molecule has 0 spiro atoms. The average molecular weight is 206 g/mol. The maximum Gasteiger partial charge on any atom is 0.320 e. The fourth-order valence-electron chi connectivity index (χ4n) is 1.14. The summed E-state index contributed by atoms with van der Waals surface area (Å²) >= 11 is 0. The number of imidazole rings is 1. The minimum Gasteiger partial charge on any atom is -0.382 e. The van der Waals surface area contributed by atoms with Crippen LogP contribution in [-0.2, 0) is 0 Å². The van der Waals surface area contributed by atoms with Crippen LogP contribution in [0.25, 0.3) is 5.65 Å². The van der Waals surface area contributed by atoms with Gasteiger partial charge in [-0.2, -0.15) is 0 Å². The highest BCUT2D eigenvalue weighted by Gasteiger charge is 2.04. The van der Waals surface area contributed by atoms with Gasteiger partial charge in [-0.1, -0.05) is 0 Å². The molecule has 78 valence electrons. The predicted octanol–water partition coefficient (Wildman–Crippen LogP) is 0.0628. The molecule has 4 N–H and O–H groups in total. The van der Waals surface area contributed by atoms with Gasteiger partial charge < -0.3 is 11.1 Å². The number of nitrogen functional groups attached to an aromatic ring is 1. The Morgan fingerprint density at radius 3 is 3.07 bits per heavy atom. The van der Waals surface area contributed by atoms with Gasteiger partial charge >= 0.3 is 6.03 Å². The number of hydrogen-bond acceptors (Lipinski definition) is 4. The Balaban J connectivity index is 2.34. The van der Waals surface area contributed by atoms with E-state index in [1.54, 1.807) is 18.3 Å². The molecule has 7 heteroatoms. The smallest absolute Gasteiger partial charge is 0.320 e. The molecule has 0 bridgehead atoms. The van der Waals surface area contributed by atoms with Crippen LogP contribution in [0.5, 0.6) is 0 Å². The average Bonchev–Trinajstić information content (AvgIpc) is 2.59. The van der Waals surface area contributed by atoms with Gasteiger partial charge in [0.1, 0.15) is 5.82 Å². The van der Waals surface area contributed by atoms with E-state index in [2.05, 4.69) is 20.7 Å². The molecule has 0 aliphatic heterocycles. The summed E-state index contributed by atoms with van der Waals surface area (Å²) in [6.07, 6.45) is 1.58. The van der Waals surface area contributed by atoms with Gasteiger partial charge in [-0.25, -0.2) is 14.3 Å². The molecule has 0 aliphatic carbocycles. The van der Waals surface area contributed by atoms with Crippen molar-refractivity contribution in [1.29, 1.82) is 0 Å². The molecule has 7 nitrogen and oxygen atoms in total. The monoisotopic (exact) mass is 206 g/mol. The number of hydrogen-bond donors (Lipinski definition) is 3. The first kappa shape index (κ1) is 9.25. The zero-order chi connectivity index (χ0) is 10.8. The molecule has 2 aromatic heterocycles. The molecule has 0 aromatic carbocycles. The number of nitrogens with two attached hydrogens (primary N) is 1. The number of urea groups is 1. The van der Waals surface area contributed by atoms with E-state index in [4.69, 9.17) is 5.73 Å². The Hall–Kier alpha value is -2.31. The number of fused-ring (bicyclic) bond motifs is 1. The maximum atomic E-state index is 11.0. The predicted molar refractivity (Wildman–Crippen MR) is 55.5 cm³/mol. The lowest BCUT2D eigenvalue weighted by atomic mass is 10.5. The van der Waals surface area contributed by atoms with E-state index >= 15 is 0 Å². The van der Waals surface area contributed by atoms with E-state index in [1.165, 1.54) is 11.6 Å². The summed E-state index contributed by atoms with van der Waals surface area (Å²) in [6, 6.07) is 3.04. The number of aromatic nitrogens is 3. The summed E-state index contributed by atoms with van der Waals surface area (Å²) < 4.78 is 1.50. The molecule has 0 saturated heterocycles. The summed E-state index contributed by atoms with van der Waals surface area (Å²) in [6.45, 7) is 0. The molecule has 0 aliphatic rings. The summed E-state index contributed by atoms with van der Waals surface area (Å²) in [4.78, 5) is 15.1. The van der Waals surface area contributed by atoms with E-state index in [0.717, 1.165) is 0 Å². The molecule has 0 unspecified atom stereocenters. The van der Waals surface area contributed by atoms with Crippen LogP contribution in [0.2, 0.25) is 0 Å². The maximum absolute atomic E-state index is 11.0. The van der Waals surface area contributed by atoms with E-state index in [1.807, 2.05) is 0 Å². The van der Waals surface area contributed by atoms with Crippen LogP contribution in [0.3, 0.4) is 0 Å². The molecule has 0 saturated carbocycles. The van der Waals surface area contributed by atoms with E-state index < -0.39 is 0 Å². The van der Waals surface area contributed by atoms with Crippen LogP contribution >= 0.6 is 0 Å². The third kappa shape index (κ3) is 1.80. The normalized spacial score (nSPS) is 10.2. The number of nitrogens with zero attached hydrogens (tertiary/aromatic N) is 3. The minimum atomic E-state index is -0.327. The number of nitrogens with one attached hydrogen (secondary N) is 2. The topological polar surface area (TPSA) is 97.3 Å². The van der Waals surface area contributed by atoms with Crippen LogP contribution in [-0.4, -0.2) is 27.7 Å². The molecule has 0 atom stereocenters. The highest BCUT2D eigenvalue weighted by molar-refractivity contribution is 5.88. The third-order valence-corrected chi connectivity index (χ3v) is 1.81. The molecule has 2 rings (SSSR count). The van der Waals surface area contributed by atoms with Gasteiger partial charge in [0, 0.05) is 7.05 Å². The quantitative estimate of drug-likeness (QED) is 0.614. The molecule has 15 heavy (non-hydrogen) atoms. The lowest BCUT2D eigenvalue weighted by molar-refractivity contribution is 0.254. The first-order valence-electron chi connectivity index (χ1n) is 4.29. The first-order chi connectivity index (χ1) is 7.19. The van der Waals surface area contributed by atoms with Crippen molar-refractivity contribution in [1.82, 2.24) is 19.9 Å². The van der Waals surface area contributed by atoms with Crippen LogP contribution in [0.1, 0.15) is 0 Å². The van der Waals surface area contributed by atoms with Crippen LogP contribution in [0, 0.1) is 0 Å². The Labute approximate surface area is 85.3 Å². The highest BCUT2D eigenvalue weighted by atomic mass is 16.2. The van der Waals surface area contributed by atoms with Crippen molar-refractivity contribution in [3.63, 3.8) is 0 Å². The summed E-state index contributed by atoms with van der Waals surface area (Å²) in [5, 5.41) is 8.95. The van der Waals surface area contributed by atoms with Crippen molar-refractivity contribution >= 4 is 23.3 Å². The standard InChI is InChI=1S/C8H10N6O/c1-10-8(15)12-6-4-14-7(11-6)3-2-5(9)13-14/h2-4H,1H3,(H2,9,13)(H2,10,12,15). The lowest BCUT2D eigenvalue weighted by Crippen LogP contribution is -2.24. The number of amides is 2. The van der Waals surface area contributed by atoms with Crippen molar-refractivity contribution < 1.29 is 4.79 Å². The zero-order valence-corrected chi connectivity index (χ0v) is 8.06.